The maximum absolute atomic E-state index is 12.7. The van der Waals surface area contributed by atoms with E-state index in [2.05, 4.69) is 17.1 Å². The van der Waals surface area contributed by atoms with Crippen LogP contribution >= 0.6 is 12.2 Å². The minimum atomic E-state index is -3.46. The monoisotopic (exact) mass is 397 g/mol. The first-order chi connectivity index (χ1) is 12.5. The van der Waals surface area contributed by atoms with Gasteiger partial charge < -0.3 is 15.0 Å². The molecule has 6 nitrogen and oxygen atoms in total. The topological polar surface area (TPSA) is 61.9 Å². The Morgan fingerprint density at radius 2 is 1.92 bits per heavy atom. The molecule has 0 amide bonds. The van der Waals surface area contributed by atoms with Gasteiger partial charge in [0.15, 0.2) is 5.11 Å². The van der Waals surface area contributed by atoms with Gasteiger partial charge in [0.05, 0.1) is 18.1 Å². The lowest BCUT2D eigenvalue weighted by Crippen LogP contribution is -2.40. The van der Waals surface area contributed by atoms with Crippen molar-refractivity contribution in [2.45, 2.75) is 31.1 Å². The van der Waals surface area contributed by atoms with Crippen molar-refractivity contribution in [1.82, 2.24) is 9.21 Å². The Morgan fingerprint density at radius 3 is 2.50 bits per heavy atom. The second kappa shape index (κ2) is 8.65. The largest absolute Gasteiger partial charge is 0.379 e. The Labute approximate surface area is 161 Å². The zero-order valence-corrected chi connectivity index (χ0v) is 16.8. The molecule has 3 rings (SSSR count). The Bertz CT molecular complexity index is 712. The fourth-order valence-electron chi connectivity index (χ4n) is 3.01. The fourth-order valence-corrected chi connectivity index (χ4v) is 4.70. The molecule has 2 aliphatic rings. The van der Waals surface area contributed by atoms with Crippen LogP contribution in [0.1, 0.15) is 26.2 Å². The predicted molar refractivity (Wildman–Crippen MR) is 107 cm³/mol. The lowest BCUT2D eigenvalue weighted by molar-refractivity contribution is 0.0730. The first-order valence-electron chi connectivity index (χ1n) is 9.24. The third kappa shape index (κ3) is 4.94. The van der Waals surface area contributed by atoms with E-state index in [9.17, 15) is 8.42 Å². The van der Waals surface area contributed by atoms with Gasteiger partial charge in [0.25, 0.3) is 0 Å². The van der Waals surface area contributed by atoms with Crippen LogP contribution in [-0.2, 0) is 14.8 Å². The van der Waals surface area contributed by atoms with Crippen LogP contribution in [-0.4, -0.2) is 62.1 Å². The number of hydrogen-bond donors (Lipinski definition) is 1. The summed E-state index contributed by atoms with van der Waals surface area (Å²) in [6.07, 6.45) is 3.62. The van der Waals surface area contributed by atoms with Gasteiger partial charge in [0.2, 0.25) is 10.0 Å². The van der Waals surface area contributed by atoms with Crippen molar-refractivity contribution in [3.05, 3.63) is 24.3 Å². The Hall–Kier alpha value is -1.22. The number of nitrogens with one attached hydrogen (secondary N) is 1. The third-order valence-corrected chi connectivity index (χ3v) is 6.94. The van der Waals surface area contributed by atoms with Crippen LogP contribution in [0.3, 0.4) is 0 Å². The summed E-state index contributed by atoms with van der Waals surface area (Å²) in [4.78, 5) is 2.52. The third-order valence-electron chi connectivity index (χ3n) is 4.67. The number of sulfonamides is 1. The fraction of sp³-hybridized carbons (Fsp3) is 0.611. The van der Waals surface area contributed by atoms with Gasteiger partial charge in [-0.2, -0.15) is 4.31 Å². The molecule has 0 spiro atoms. The number of morpholine rings is 1. The summed E-state index contributed by atoms with van der Waals surface area (Å²) in [5.41, 5.74) is 0.813. The van der Waals surface area contributed by atoms with E-state index < -0.39 is 10.0 Å². The number of rotatable bonds is 7. The van der Waals surface area contributed by atoms with Crippen LogP contribution < -0.4 is 5.32 Å². The van der Waals surface area contributed by atoms with Crippen molar-refractivity contribution in [3.63, 3.8) is 0 Å². The van der Waals surface area contributed by atoms with E-state index in [1.165, 1.54) is 17.1 Å². The zero-order chi connectivity index (χ0) is 18.6. The molecule has 1 N–H and O–H groups in total. The summed E-state index contributed by atoms with van der Waals surface area (Å²) in [6.45, 7) is 5.78. The maximum Gasteiger partial charge on any atom is 0.243 e. The maximum atomic E-state index is 12.7. The van der Waals surface area contributed by atoms with E-state index in [1.54, 1.807) is 24.3 Å². The van der Waals surface area contributed by atoms with Crippen LogP contribution in [0.5, 0.6) is 0 Å². The molecule has 1 aromatic rings. The molecule has 2 fully saturated rings. The molecule has 26 heavy (non-hydrogen) atoms. The van der Waals surface area contributed by atoms with Gasteiger partial charge in [-0.05, 0) is 61.7 Å². The number of anilines is 1. The summed E-state index contributed by atoms with van der Waals surface area (Å²) >= 11 is 5.55. The Morgan fingerprint density at radius 1 is 1.27 bits per heavy atom. The van der Waals surface area contributed by atoms with Gasteiger partial charge in [-0.15, -0.1) is 0 Å². The van der Waals surface area contributed by atoms with Crippen LogP contribution in [0.2, 0.25) is 0 Å². The highest BCUT2D eigenvalue weighted by atomic mass is 32.2. The molecule has 0 unspecified atom stereocenters. The molecule has 144 valence electrons. The van der Waals surface area contributed by atoms with Gasteiger partial charge in [0.1, 0.15) is 0 Å². The molecule has 1 aliphatic carbocycles. The molecule has 0 aromatic heterocycles. The molecule has 0 radical (unpaired) electrons. The van der Waals surface area contributed by atoms with Crippen molar-refractivity contribution in [2.24, 2.45) is 5.92 Å². The smallest absolute Gasteiger partial charge is 0.243 e. The number of nitrogens with zero attached hydrogens (tertiary/aromatic N) is 2. The van der Waals surface area contributed by atoms with Crippen LogP contribution in [0.25, 0.3) is 0 Å². The van der Waals surface area contributed by atoms with E-state index in [1.807, 2.05) is 0 Å². The van der Waals surface area contributed by atoms with E-state index in [-0.39, 0.29) is 0 Å². The minimum Gasteiger partial charge on any atom is -0.379 e. The SMILES string of the molecule is CCCN(CC1CC1)C(=S)Nc1ccc(S(=O)(=O)N2CCOCC2)cc1. The average molecular weight is 398 g/mol. The van der Waals surface area contributed by atoms with Crippen molar-refractivity contribution < 1.29 is 13.2 Å². The highest BCUT2D eigenvalue weighted by Gasteiger charge is 2.27. The van der Waals surface area contributed by atoms with E-state index in [0.29, 0.717) is 36.3 Å². The number of ether oxygens (including phenoxy) is 1. The Kier molecular flexibility index (Phi) is 6.50. The van der Waals surface area contributed by atoms with Gasteiger partial charge in [0, 0.05) is 31.9 Å². The summed E-state index contributed by atoms with van der Waals surface area (Å²) < 4.78 is 32.0. The minimum absolute atomic E-state index is 0.305. The molecule has 0 bridgehead atoms. The van der Waals surface area contributed by atoms with Crippen molar-refractivity contribution in [2.75, 3.05) is 44.7 Å². The second-order valence-electron chi connectivity index (χ2n) is 6.86. The van der Waals surface area contributed by atoms with Crippen LogP contribution in [0.15, 0.2) is 29.2 Å². The average Bonchev–Trinajstić information content (AvgIpc) is 3.47. The highest BCUT2D eigenvalue weighted by Crippen LogP contribution is 2.30. The summed E-state index contributed by atoms with van der Waals surface area (Å²) in [5, 5.41) is 3.96. The van der Waals surface area contributed by atoms with Gasteiger partial charge in [-0.3, -0.25) is 0 Å². The van der Waals surface area contributed by atoms with Crippen LogP contribution in [0.4, 0.5) is 5.69 Å². The number of benzene rings is 1. The predicted octanol–water partition coefficient (Wildman–Crippen LogP) is 2.53. The van der Waals surface area contributed by atoms with E-state index in [4.69, 9.17) is 17.0 Å². The van der Waals surface area contributed by atoms with Gasteiger partial charge in [-0.1, -0.05) is 6.92 Å². The molecule has 1 heterocycles. The molecule has 0 atom stereocenters. The highest BCUT2D eigenvalue weighted by molar-refractivity contribution is 7.89. The van der Waals surface area contributed by atoms with Crippen molar-refractivity contribution >= 4 is 33.0 Å². The molecule has 1 saturated heterocycles. The quantitative estimate of drug-likeness (QED) is 0.714. The van der Waals surface area contributed by atoms with Gasteiger partial charge >= 0.3 is 0 Å². The lowest BCUT2D eigenvalue weighted by Gasteiger charge is -2.26. The molecular formula is C18H27N3O3S2. The van der Waals surface area contributed by atoms with E-state index in [0.717, 1.165) is 31.1 Å². The number of hydrogen-bond acceptors (Lipinski definition) is 4. The Balaban J connectivity index is 1.63. The first kappa shape index (κ1) is 19.5. The molecule has 1 saturated carbocycles. The van der Waals surface area contributed by atoms with Gasteiger partial charge in [-0.25, -0.2) is 8.42 Å². The van der Waals surface area contributed by atoms with E-state index >= 15 is 0 Å². The summed E-state index contributed by atoms with van der Waals surface area (Å²) in [7, 11) is -3.46. The molecule has 1 aromatic carbocycles. The summed E-state index contributed by atoms with van der Waals surface area (Å²) in [5.74, 6) is 0.766. The molecular weight excluding hydrogens is 370 g/mol. The lowest BCUT2D eigenvalue weighted by atomic mass is 10.3. The molecule has 1 aliphatic heterocycles. The first-order valence-corrected chi connectivity index (χ1v) is 11.1. The second-order valence-corrected chi connectivity index (χ2v) is 9.19. The van der Waals surface area contributed by atoms with Crippen molar-refractivity contribution in [3.8, 4) is 0 Å². The standard InChI is InChI=1S/C18H27N3O3S2/c1-2-9-20(14-15-3-4-15)18(25)19-16-5-7-17(8-6-16)26(22,23)21-10-12-24-13-11-21/h5-8,15H,2-4,9-14H2,1H3,(H,19,25). The van der Waals surface area contributed by atoms with Crippen molar-refractivity contribution in [1.29, 1.82) is 0 Å². The van der Waals surface area contributed by atoms with Crippen LogP contribution in [0, 0.1) is 5.92 Å². The zero-order valence-electron chi connectivity index (χ0n) is 15.2. The summed E-state index contributed by atoms with van der Waals surface area (Å²) in [6, 6.07) is 6.84. The normalized spacial score (nSPS) is 18.5. The number of thiocarbonyl (C=S) groups is 1. The molecule has 8 heteroatoms.